The number of aromatic nitrogens is 3. The van der Waals surface area contributed by atoms with Gasteiger partial charge in [-0.15, -0.1) is 13.2 Å². The van der Waals surface area contributed by atoms with E-state index in [-0.39, 0.29) is 11.1 Å². The summed E-state index contributed by atoms with van der Waals surface area (Å²) in [5, 5.41) is 0.625. The number of ether oxygens (including phenoxy) is 3. The topological polar surface area (TPSA) is 75.5 Å². The van der Waals surface area contributed by atoms with E-state index in [1.807, 2.05) is 0 Å². The minimum absolute atomic E-state index is 0.163. The normalized spacial score (nSPS) is 11.4. The van der Waals surface area contributed by atoms with Crippen molar-refractivity contribution >= 4 is 10.9 Å². The van der Waals surface area contributed by atoms with Crippen LogP contribution in [-0.4, -0.2) is 34.6 Å². The SMILES string of the molecule is CCOc1ccc2cn(-c3ccc(OC)cc3)c(=O)c(-c3ccc(OC(F)(F)F)nc3)c2n1. The molecule has 0 aliphatic rings. The van der Waals surface area contributed by atoms with E-state index in [2.05, 4.69) is 14.7 Å². The molecule has 0 aliphatic carbocycles. The summed E-state index contributed by atoms with van der Waals surface area (Å²) in [4.78, 5) is 21.7. The molecule has 0 atom stereocenters. The van der Waals surface area contributed by atoms with Crippen molar-refractivity contribution in [2.45, 2.75) is 13.3 Å². The Labute approximate surface area is 186 Å². The summed E-state index contributed by atoms with van der Waals surface area (Å²) in [5.41, 5.74) is 0.921. The molecule has 0 spiro atoms. The van der Waals surface area contributed by atoms with Crippen LogP contribution in [0.15, 0.2) is 65.7 Å². The molecule has 0 N–H and O–H groups in total. The molecule has 4 aromatic rings. The van der Waals surface area contributed by atoms with E-state index in [1.165, 1.54) is 17.7 Å². The minimum Gasteiger partial charge on any atom is -0.497 e. The van der Waals surface area contributed by atoms with E-state index in [1.54, 1.807) is 49.5 Å². The predicted octanol–water partition coefficient (Wildman–Crippen LogP) is 4.75. The van der Waals surface area contributed by atoms with Gasteiger partial charge in [0, 0.05) is 41.2 Å². The summed E-state index contributed by atoms with van der Waals surface area (Å²) in [5.74, 6) is 0.308. The first-order chi connectivity index (χ1) is 15.8. The fourth-order valence-corrected chi connectivity index (χ4v) is 3.31. The molecule has 0 fully saturated rings. The molecule has 0 amide bonds. The number of rotatable bonds is 6. The number of hydrogen-bond acceptors (Lipinski definition) is 6. The summed E-state index contributed by atoms with van der Waals surface area (Å²) in [6, 6.07) is 12.7. The quantitative estimate of drug-likeness (QED) is 0.416. The van der Waals surface area contributed by atoms with Crippen molar-refractivity contribution in [3.8, 4) is 34.3 Å². The Morgan fingerprint density at radius 3 is 2.33 bits per heavy atom. The van der Waals surface area contributed by atoms with Crippen molar-refractivity contribution in [1.29, 1.82) is 0 Å². The van der Waals surface area contributed by atoms with Gasteiger partial charge in [-0.2, -0.15) is 0 Å². The van der Waals surface area contributed by atoms with E-state index < -0.39 is 17.8 Å². The molecule has 4 rings (SSSR count). The third-order valence-corrected chi connectivity index (χ3v) is 4.73. The van der Waals surface area contributed by atoms with Crippen LogP contribution in [0.1, 0.15) is 6.92 Å². The molecule has 3 aromatic heterocycles. The molecule has 0 bridgehead atoms. The Hall–Kier alpha value is -4.08. The lowest BCUT2D eigenvalue weighted by atomic mass is 10.1. The first-order valence-electron chi connectivity index (χ1n) is 9.85. The molecule has 33 heavy (non-hydrogen) atoms. The second-order valence-electron chi connectivity index (χ2n) is 6.83. The van der Waals surface area contributed by atoms with Crippen molar-refractivity contribution in [3.63, 3.8) is 0 Å². The van der Waals surface area contributed by atoms with Crippen LogP contribution in [0.4, 0.5) is 13.2 Å². The molecular weight excluding hydrogens is 439 g/mol. The molecule has 3 heterocycles. The lowest BCUT2D eigenvalue weighted by Gasteiger charge is -2.14. The largest absolute Gasteiger partial charge is 0.574 e. The Morgan fingerprint density at radius 2 is 1.73 bits per heavy atom. The van der Waals surface area contributed by atoms with Gasteiger partial charge in [-0.25, -0.2) is 9.97 Å². The van der Waals surface area contributed by atoms with Crippen LogP contribution in [0.25, 0.3) is 27.7 Å². The van der Waals surface area contributed by atoms with Gasteiger partial charge in [0.2, 0.25) is 11.8 Å². The zero-order chi connectivity index (χ0) is 23.6. The van der Waals surface area contributed by atoms with Crippen LogP contribution in [-0.2, 0) is 0 Å². The maximum Gasteiger partial charge on any atom is 0.574 e. The summed E-state index contributed by atoms with van der Waals surface area (Å²) in [7, 11) is 1.54. The molecule has 0 saturated carbocycles. The number of nitrogens with zero attached hydrogens (tertiary/aromatic N) is 3. The molecule has 170 valence electrons. The Balaban J connectivity index is 1.92. The summed E-state index contributed by atoms with van der Waals surface area (Å²) in [6.07, 6.45) is -2.09. The zero-order valence-electron chi connectivity index (χ0n) is 17.6. The lowest BCUT2D eigenvalue weighted by Crippen LogP contribution is -2.21. The van der Waals surface area contributed by atoms with Crippen LogP contribution in [0.3, 0.4) is 0 Å². The zero-order valence-corrected chi connectivity index (χ0v) is 17.6. The standard InChI is InChI=1S/C23H18F3N3O4/c1-3-32-19-11-5-15-13-29(16-6-8-17(31-2)9-7-16)22(30)20(21(15)28-19)14-4-10-18(27-12-14)33-23(24,25)26/h4-13H,3H2,1-2H3. The monoisotopic (exact) mass is 457 g/mol. The number of benzene rings is 1. The first kappa shape index (κ1) is 22.1. The second kappa shape index (κ2) is 8.81. The number of hydrogen-bond donors (Lipinski definition) is 0. The molecular formula is C23H18F3N3O4. The van der Waals surface area contributed by atoms with Gasteiger partial charge in [0.25, 0.3) is 5.56 Å². The summed E-state index contributed by atoms with van der Waals surface area (Å²) >= 11 is 0. The van der Waals surface area contributed by atoms with Crippen LogP contribution in [0.5, 0.6) is 17.5 Å². The molecule has 0 saturated heterocycles. The van der Waals surface area contributed by atoms with Gasteiger partial charge in [-0.1, -0.05) is 0 Å². The van der Waals surface area contributed by atoms with Gasteiger partial charge in [0.1, 0.15) is 5.75 Å². The molecule has 0 radical (unpaired) electrons. The Bertz CT molecular complexity index is 1330. The molecule has 10 heteroatoms. The highest BCUT2D eigenvalue weighted by molar-refractivity contribution is 5.93. The van der Waals surface area contributed by atoms with Crippen molar-refractivity contribution < 1.29 is 27.4 Å². The van der Waals surface area contributed by atoms with Crippen LogP contribution < -0.4 is 19.8 Å². The summed E-state index contributed by atoms with van der Waals surface area (Å²) in [6.45, 7) is 2.18. The van der Waals surface area contributed by atoms with Crippen molar-refractivity contribution in [2.24, 2.45) is 0 Å². The Kier molecular flexibility index (Phi) is 5.91. The van der Waals surface area contributed by atoms with Crippen molar-refractivity contribution in [3.05, 3.63) is 71.3 Å². The molecule has 7 nitrogen and oxygen atoms in total. The smallest absolute Gasteiger partial charge is 0.497 e. The van der Waals surface area contributed by atoms with E-state index in [9.17, 15) is 18.0 Å². The highest BCUT2D eigenvalue weighted by atomic mass is 19.4. The van der Waals surface area contributed by atoms with E-state index in [4.69, 9.17) is 9.47 Å². The van der Waals surface area contributed by atoms with Gasteiger partial charge in [-0.05, 0) is 43.3 Å². The van der Waals surface area contributed by atoms with Crippen molar-refractivity contribution in [2.75, 3.05) is 13.7 Å². The van der Waals surface area contributed by atoms with Crippen molar-refractivity contribution in [1.82, 2.24) is 14.5 Å². The van der Waals surface area contributed by atoms with Crippen LogP contribution >= 0.6 is 0 Å². The average molecular weight is 457 g/mol. The lowest BCUT2D eigenvalue weighted by molar-refractivity contribution is -0.276. The Morgan fingerprint density at radius 1 is 1.00 bits per heavy atom. The number of pyridine rings is 3. The maximum atomic E-state index is 13.5. The van der Waals surface area contributed by atoms with Gasteiger partial charge in [0.05, 0.1) is 24.8 Å². The number of alkyl halides is 3. The molecule has 1 aromatic carbocycles. The second-order valence-corrected chi connectivity index (χ2v) is 6.83. The first-order valence-corrected chi connectivity index (χ1v) is 9.85. The van der Waals surface area contributed by atoms with E-state index >= 15 is 0 Å². The summed E-state index contributed by atoms with van der Waals surface area (Å²) < 4.78 is 53.4. The minimum atomic E-state index is -4.87. The fraction of sp³-hybridized carbons (Fsp3) is 0.174. The maximum absolute atomic E-state index is 13.5. The highest BCUT2D eigenvalue weighted by Crippen LogP contribution is 2.29. The average Bonchev–Trinajstić information content (AvgIpc) is 2.79. The third kappa shape index (κ3) is 4.74. The third-order valence-electron chi connectivity index (χ3n) is 4.73. The number of methoxy groups -OCH3 is 1. The van der Waals surface area contributed by atoms with E-state index in [0.717, 1.165) is 12.3 Å². The highest BCUT2D eigenvalue weighted by Gasteiger charge is 2.31. The molecule has 0 unspecified atom stereocenters. The van der Waals surface area contributed by atoms with Gasteiger partial charge in [0.15, 0.2) is 0 Å². The predicted molar refractivity (Wildman–Crippen MR) is 115 cm³/mol. The van der Waals surface area contributed by atoms with Crippen LogP contribution in [0.2, 0.25) is 0 Å². The van der Waals surface area contributed by atoms with Gasteiger partial charge >= 0.3 is 6.36 Å². The number of fused-ring (bicyclic) bond motifs is 1. The van der Waals surface area contributed by atoms with E-state index in [0.29, 0.717) is 34.8 Å². The van der Waals surface area contributed by atoms with Gasteiger partial charge in [-0.3, -0.25) is 9.36 Å². The van der Waals surface area contributed by atoms with Crippen LogP contribution in [0, 0.1) is 0 Å². The fourth-order valence-electron chi connectivity index (χ4n) is 3.31. The van der Waals surface area contributed by atoms with Gasteiger partial charge < -0.3 is 14.2 Å². The molecule has 0 aliphatic heterocycles. The number of halogens is 3.